The fraction of sp³-hybridized carbons (Fsp3) is 0.292. The summed E-state index contributed by atoms with van der Waals surface area (Å²) < 4.78 is 0. The Morgan fingerprint density at radius 2 is 2.03 bits per heavy atom. The maximum absolute atomic E-state index is 12.8. The number of fused-ring (bicyclic) bond motifs is 4. The second-order valence-corrected chi connectivity index (χ2v) is 8.56. The fourth-order valence-corrected chi connectivity index (χ4v) is 4.92. The number of aliphatic hydroxyl groups excluding tert-OH is 2. The van der Waals surface area contributed by atoms with Crippen molar-refractivity contribution in [2.75, 3.05) is 0 Å². The Bertz CT molecular complexity index is 1310. The third kappa shape index (κ3) is 2.57. The number of benzene rings is 2. The third-order valence-electron chi connectivity index (χ3n) is 6.96. The van der Waals surface area contributed by atoms with E-state index in [9.17, 15) is 24.9 Å². The summed E-state index contributed by atoms with van der Waals surface area (Å²) >= 11 is 0. The molecule has 3 N–H and O–H groups in total. The molecule has 1 saturated heterocycles. The predicted octanol–water partition coefficient (Wildman–Crippen LogP) is 2.68. The molecule has 1 aromatic heterocycles. The van der Waals surface area contributed by atoms with Crippen molar-refractivity contribution in [3.05, 3.63) is 59.4 Å². The van der Waals surface area contributed by atoms with E-state index in [2.05, 4.69) is 4.98 Å². The normalized spacial score (nSPS) is 23.9. The van der Waals surface area contributed by atoms with Gasteiger partial charge in [0.15, 0.2) is 0 Å². The molecule has 0 radical (unpaired) electrons. The van der Waals surface area contributed by atoms with Crippen LogP contribution in [-0.2, 0) is 16.2 Å². The number of rotatable bonds is 4. The lowest BCUT2D eigenvalue weighted by Crippen LogP contribution is -2.69. The first-order valence-electron chi connectivity index (χ1n) is 10.2. The molecule has 31 heavy (non-hydrogen) atoms. The van der Waals surface area contributed by atoms with Gasteiger partial charge in [-0.1, -0.05) is 24.3 Å². The number of hydrogen-bond donors (Lipinski definition) is 3. The van der Waals surface area contributed by atoms with Gasteiger partial charge in [0.1, 0.15) is 5.70 Å². The van der Waals surface area contributed by atoms with Gasteiger partial charge in [-0.15, -0.1) is 0 Å². The minimum absolute atomic E-state index is 0.00611. The minimum atomic E-state index is -1.15. The smallest absolute Gasteiger partial charge is 0.352 e. The van der Waals surface area contributed by atoms with Crippen molar-refractivity contribution < 1.29 is 24.9 Å². The highest BCUT2D eigenvalue weighted by Crippen LogP contribution is 2.53. The van der Waals surface area contributed by atoms with Crippen molar-refractivity contribution in [2.24, 2.45) is 5.41 Å². The zero-order chi connectivity index (χ0) is 22.1. The summed E-state index contributed by atoms with van der Waals surface area (Å²) in [5, 5.41) is 32.2. The van der Waals surface area contributed by atoms with Crippen molar-refractivity contribution in [2.45, 2.75) is 39.0 Å². The first kappa shape index (κ1) is 19.7. The van der Waals surface area contributed by atoms with Crippen LogP contribution in [0.5, 0.6) is 0 Å². The van der Waals surface area contributed by atoms with Crippen LogP contribution in [0.25, 0.3) is 27.2 Å². The van der Waals surface area contributed by atoms with Gasteiger partial charge in [0.2, 0.25) is 5.91 Å². The van der Waals surface area contributed by atoms with Gasteiger partial charge in [-0.3, -0.25) is 9.78 Å². The van der Waals surface area contributed by atoms with Gasteiger partial charge in [0.25, 0.3) is 0 Å². The van der Waals surface area contributed by atoms with Crippen LogP contribution in [-0.4, -0.2) is 49.2 Å². The van der Waals surface area contributed by atoms with E-state index < -0.39 is 17.5 Å². The van der Waals surface area contributed by atoms with Crippen LogP contribution in [0.1, 0.15) is 31.4 Å². The highest BCUT2D eigenvalue weighted by atomic mass is 16.4. The van der Waals surface area contributed by atoms with E-state index >= 15 is 0 Å². The van der Waals surface area contributed by atoms with Crippen LogP contribution in [0.15, 0.2) is 48.3 Å². The Balaban J connectivity index is 1.67. The lowest BCUT2D eigenvalue weighted by atomic mass is 9.68. The maximum atomic E-state index is 12.8. The van der Waals surface area contributed by atoms with Gasteiger partial charge in [0, 0.05) is 17.0 Å². The average molecular weight is 418 g/mol. The number of aliphatic carboxylic acids is 1. The summed E-state index contributed by atoms with van der Waals surface area (Å²) in [6.07, 6.45) is 1.26. The first-order chi connectivity index (χ1) is 14.8. The van der Waals surface area contributed by atoms with Gasteiger partial charge in [0.05, 0.1) is 29.7 Å². The Labute approximate surface area is 178 Å². The maximum Gasteiger partial charge on any atom is 0.352 e. The van der Waals surface area contributed by atoms with Crippen molar-refractivity contribution in [1.29, 1.82) is 0 Å². The Morgan fingerprint density at radius 3 is 2.71 bits per heavy atom. The average Bonchev–Trinajstić information content (AvgIpc) is 3.15. The number of hydrogen-bond acceptors (Lipinski definition) is 5. The van der Waals surface area contributed by atoms with E-state index in [1.807, 2.05) is 36.4 Å². The molecule has 7 heteroatoms. The van der Waals surface area contributed by atoms with Gasteiger partial charge in [-0.25, -0.2) is 4.79 Å². The second-order valence-electron chi connectivity index (χ2n) is 8.56. The van der Waals surface area contributed by atoms with E-state index in [-0.39, 0.29) is 24.3 Å². The molecule has 2 aromatic carbocycles. The molecule has 0 aliphatic carbocycles. The minimum Gasteiger partial charge on any atom is -0.477 e. The first-order valence-corrected chi connectivity index (χ1v) is 10.2. The third-order valence-corrected chi connectivity index (χ3v) is 6.96. The van der Waals surface area contributed by atoms with Crippen molar-refractivity contribution >= 4 is 39.1 Å². The SMILES string of the molecule is C[C@@H](O)[C@@]1(C)C(=O)N2C(C(=O)O)=C(c3ccc4cnc5cc(CO)ccc5c4c3)C[C@@H]21. The number of β-lactam (4-membered cyclic amide) rings is 1. The van der Waals surface area contributed by atoms with E-state index in [1.165, 1.54) is 4.90 Å². The second kappa shape index (κ2) is 6.60. The Morgan fingerprint density at radius 1 is 1.26 bits per heavy atom. The zero-order valence-electron chi connectivity index (χ0n) is 17.2. The molecular weight excluding hydrogens is 396 g/mol. The van der Waals surface area contributed by atoms with E-state index in [1.54, 1.807) is 20.0 Å². The summed E-state index contributed by atoms with van der Waals surface area (Å²) in [5.41, 5.74) is 1.84. The van der Waals surface area contributed by atoms with Crippen LogP contribution in [0.4, 0.5) is 0 Å². The molecule has 0 saturated carbocycles. The number of aliphatic hydroxyl groups is 2. The molecule has 3 aromatic rings. The molecule has 3 heterocycles. The van der Waals surface area contributed by atoms with Crippen LogP contribution >= 0.6 is 0 Å². The summed E-state index contributed by atoms with van der Waals surface area (Å²) in [5.74, 6) is -1.50. The molecule has 0 bridgehead atoms. The molecule has 2 aliphatic heterocycles. The largest absolute Gasteiger partial charge is 0.477 e. The number of carbonyl (C=O) groups is 2. The molecule has 2 aliphatic rings. The van der Waals surface area contributed by atoms with E-state index in [0.717, 1.165) is 32.8 Å². The topological polar surface area (TPSA) is 111 Å². The molecule has 1 fully saturated rings. The van der Waals surface area contributed by atoms with Crippen LogP contribution in [0.3, 0.4) is 0 Å². The molecule has 0 spiro atoms. The number of carboxylic acid groups (broad SMARTS) is 1. The lowest BCUT2D eigenvalue weighted by Gasteiger charge is -2.53. The standard InChI is InChI=1S/C24H22N2O5/c1-12(28)24(2)20-9-18(21(22(29)30)26(20)23(24)31)14-4-5-15-10-25-19-7-13(11-27)3-6-16(19)17(15)8-14/h3-8,10,12,20,27-28H,9,11H2,1-2H3,(H,29,30)/t12-,20-,24-/m1/s1. The number of amides is 1. The highest BCUT2D eigenvalue weighted by molar-refractivity contribution is 6.10. The van der Waals surface area contributed by atoms with Crippen LogP contribution in [0.2, 0.25) is 0 Å². The van der Waals surface area contributed by atoms with Gasteiger partial charge >= 0.3 is 5.97 Å². The monoisotopic (exact) mass is 418 g/mol. The number of aromatic nitrogens is 1. The highest BCUT2D eigenvalue weighted by Gasteiger charge is 2.64. The molecule has 3 atom stereocenters. The van der Waals surface area contributed by atoms with Crippen molar-refractivity contribution in [3.8, 4) is 0 Å². The zero-order valence-corrected chi connectivity index (χ0v) is 17.2. The molecule has 5 rings (SSSR count). The molecule has 1 amide bonds. The van der Waals surface area contributed by atoms with E-state index in [0.29, 0.717) is 12.0 Å². The molecule has 7 nitrogen and oxygen atoms in total. The van der Waals surface area contributed by atoms with Gasteiger partial charge in [-0.05, 0) is 54.5 Å². The molecule has 0 unspecified atom stereocenters. The Hall–Kier alpha value is -3.29. The summed E-state index contributed by atoms with van der Waals surface area (Å²) in [6, 6.07) is 10.9. The summed E-state index contributed by atoms with van der Waals surface area (Å²) in [6.45, 7) is 3.20. The van der Waals surface area contributed by atoms with Crippen molar-refractivity contribution in [1.82, 2.24) is 9.88 Å². The summed E-state index contributed by atoms with van der Waals surface area (Å²) in [4.78, 5) is 30.7. The molecular formula is C24H22N2O5. The summed E-state index contributed by atoms with van der Waals surface area (Å²) in [7, 11) is 0. The van der Waals surface area contributed by atoms with E-state index in [4.69, 9.17) is 0 Å². The molecule has 158 valence electrons. The van der Waals surface area contributed by atoms with Gasteiger partial charge < -0.3 is 20.2 Å². The lowest BCUT2D eigenvalue weighted by molar-refractivity contribution is -0.177. The number of carbonyl (C=O) groups excluding carboxylic acids is 1. The van der Waals surface area contributed by atoms with Crippen LogP contribution < -0.4 is 0 Å². The van der Waals surface area contributed by atoms with Crippen molar-refractivity contribution in [3.63, 3.8) is 0 Å². The number of nitrogens with zero attached hydrogens (tertiary/aromatic N) is 2. The fourth-order valence-electron chi connectivity index (χ4n) is 4.92. The van der Waals surface area contributed by atoms with Gasteiger partial charge in [-0.2, -0.15) is 0 Å². The predicted molar refractivity (Wildman–Crippen MR) is 115 cm³/mol. The number of pyridine rings is 1. The quantitative estimate of drug-likeness (QED) is 0.444. The number of carboxylic acids is 1. The Kier molecular flexibility index (Phi) is 4.19. The van der Waals surface area contributed by atoms with Crippen LogP contribution in [0, 0.1) is 5.41 Å².